The first kappa shape index (κ1) is 14.5. The Kier molecular flexibility index (Phi) is 5.09. The molecule has 4 nitrogen and oxygen atoms in total. The lowest BCUT2D eigenvalue weighted by atomic mass is 10.1. The van der Waals surface area contributed by atoms with Crippen molar-refractivity contribution in [3.05, 3.63) is 53.8 Å². The minimum atomic E-state index is -0.982. The highest BCUT2D eigenvalue weighted by Crippen LogP contribution is 2.11. The van der Waals surface area contributed by atoms with Crippen LogP contribution in [-0.4, -0.2) is 36.3 Å². The molecule has 0 spiro atoms. The molecule has 106 valence electrons. The number of ether oxygens (including phenoxy) is 2. The normalized spacial score (nSPS) is 24.4. The van der Waals surface area contributed by atoms with Gasteiger partial charge in [-0.15, -0.1) is 0 Å². The van der Waals surface area contributed by atoms with Crippen molar-refractivity contribution in [2.45, 2.75) is 19.1 Å². The molecule has 0 fully saturated rings. The van der Waals surface area contributed by atoms with Crippen molar-refractivity contribution in [1.29, 1.82) is 0 Å². The number of aliphatic hydroxyl groups excluding tert-OH is 1. The molecule has 0 saturated heterocycles. The smallest absolute Gasteiger partial charge is 0.190 e. The molecule has 0 unspecified atom stereocenters. The maximum Gasteiger partial charge on any atom is 0.190 e. The fourth-order valence-electron chi connectivity index (χ4n) is 1.93. The average Bonchev–Trinajstić information content (AvgIpc) is 2.44. The van der Waals surface area contributed by atoms with Crippen molar-refractivity contribution >= 4 is 11.9 Å². The lowest BCUT2D eigenvalue weighted by Crippen LogP contribution is -2.36. The quantitative estimate of drug-likeness (QED) is 0.915. The van der Waals surface area contributed by atoms with Crippen LogP contribution in [0.1, 0.15) is 12.5 Å². The minimum Gasteiger partial charge on any atom is -0.496 e. The van der Waals surface area contributed by atoms with Crippen LogP contribution in [0.5, 0.6) is 0 Å². The van der Waals surface area contributed by atoms with Crippen LogP contribution in [0.4, 0.5) is 0 Å². The van der Waals surface area contributed by atoms with Gasteiger partial charge >= 0.3 is 0 Å². The first-order chi connectivity index (χ1) is 9.66. The van der Waals surface area contributed by atoms with Crippen molar-refractivity contribution in [2.75, 3.05) is 13.2 Å². The molecule has 0 bridgehead atoms. The summed E-state index contributed by atoms with van der Waals surface area (Å²) in [7, 11) is 0. The number of carbonyl (C=O) groups is 1. The van der Waals surface area contributed by atoms with E-state index in [0.717, 1.165) is 5.56 Å². The third-order valence-electron chi connectivity index (χ3n) is 2.93. The van der Waals surface area contributed by atoms with Crippen molar-refractivity contribution in [1.82, 2.24) is 0 Å². The SMILES string of the molecule is C/C1=C/C(=O)[C@H]([C@H](O)/C=C/c2ccccc2)OCCO1. The monoisotopic (exact) mass is 274 g/mol. The molecule has 1 heterocycles. The lowest BCUT2D eigenvalue weighted by Gasteiger charge is -2.21. The van der Waals surface area contributed by atoms with E-state index in [0.29, 0.717) is 12.4 Å². The third kappa shape index (κ3) is 4.05. The Balaban J connectivity index is 2.07. The van der Waals surface area contributed by atoms with Crippen LogP contribution >= 0.6 is 0 Å². The van der Waals surface area contributed by atoms with Gasteiger partial charge in [-0.3, -0.25) is 4.79 Å². The van der Waals surface area contributed by atoms with Gasteiger partial charge < -0.3 is 14.6 Å². The van der Waals surface area contributed by atoms with E-state index in [4.69, 9.17) is 9.47 Å². The molecule has 0 saturated carbocycles. The molecule has 2 atom stereocenters. The molecule has 20 heavy (non-hydrogen) atoms. The standard InChI is InChI=1S/C16H18O4/c1-12-11-15(18)16(20-10-9-19-12)14(17)8-7-13-5-3-2-4-6-13/h2-8,11,14,16-17H,9-10H2,1H3/b8-7+,12-11-/t14-,16+/m1/s1. The zero-order valence-corrected chi connectivity index (χ0v) is 11.4. The zero-order chi connectivity index (χ0) is 14.4. The molecule has 1 aliphatic heterocycles. The highest BCUT2D eigenvalue weighted by atomic mass is 16.5. The van der Waals surface area contributed by atoms with Crippen LogP contribution in [0.3, 0.4) is 0 Å². The third-order valence-corrected chi connectivity index (χ3v) is 2.93. The Bertz CT molecular complexity index is 504. The van der Waals surface area contributed by atoms with Crippen LogP contribution in [0, 0.1) is 0 Å². The number of aliphatic hydroxyl groups is 1. The second-order valence-corrected chi connectivity index (χ2v) is 4.56. The molecule has 1 aliphatic rings. The van der Waals surface area contributed by atoms with Gasteiger partial charge in [-0.05, 0) is 12.5 Å². The molecule has 0 aromatic heterocycles. The summed E-state index contributed by atoms with van der Waals surface area (Å²) in [6, 6.07) is 9.58. The fraction of sp³-hybridized carbons (Fsp3) is 0.312. The van der Waals surface area contributed by atoms with Crippen LogP contribution in [0.15, 0.2) is 48.2 Å². The summed E-state index contributed by atoms with van der Waals surface area (Å²) in [6.45, 7) is 2.37. The van der Waals surface area contributed by atoms with Gasteiger partial charge in [0.1, 0.15) is 18.8 Å². The van der Waals surface area contributed by atoms with Gasteiger partial charge in [0, 0.05) is 6.08 Å². The predicted molar refractivity (Wildman–Crippen MR) is 75.9 cm³/mol. The number of hydrogen-bond donors (Lipinski definition) is 1. The number of rotatable bonds is 3. The van der Waals surface area contributed by atoms with Crippen LogP contribution in [0.25, 0.3) is 6.08 Å². The first-order valence-corrected chi connectivity index (χ1v) is 6.54. The number of carbonyl (C=O) groups excluding carboxylic acids is 1. The predicted octanol–water partition coefficient (Wildman–Crippen LogP) is 1.95. The van der Waals surface area contributed by atoms with E-state index in [-0.39, 0.29) is 12.4 Å². The van der Waals surface area contributed by atoms with Crippen molar-refractivity contribution < 1.29 is 19.4 Å². The van der Waals surface area contributed by atoms with E-state index in [1.165, 1.54) is 6.08 Å². The Hall–Kier alpha value is -1.91. The summed E-state index contributed by atoms with van der Waals surface area (Å²) in [5, 5.41) is 10.1. The lowest BCUT2D eigenvalue weighted by molar-refractivity contribution is -0.133. The van der Waals surface area contributed by atoms with Gasteiger partial charge in [-0.2, -0.15) is 0 Å². The second kappa shape index (κ2) is 7.03. The number of hydrogen-bond acceptors (Lipinski definition) is 4. The Morgan fingerprint density at radius 2 is 2.05 bits per heavy atom. The summed E-state index contributed by atoms with van der Waals surface area (Å²) in [5.41, 5.74) is 0.958. The van der Waals surface area contributed by atoms with Gasteiger partial charge in [0.25, 0.3) is 0 Å². The maximum atomic E-state index is 12.0. The van der Waals surface area contributed by atoms with Gasteiger partial charge in [0.05, 0.1) is 12.4 Å². The minimum absolute atomic E-state index is 0.276. The maximum absolute atomic E-state index is 12.0. The van der Waals surface area contributed by atoms with Crippen molar-refractivity contribution in [3.8, 4) is 0 Å². The molecular weight excluding hydrogens is 256 g/mol. The van der Waals surface area contributed by atoms with E-state index < -0.39 is 12.2 Å². The van der Waals surface area contributed by atoms with E-state index in [9.17, 15) is 9.90 Å². The van der Waals surface area contributed by atoms with Gasteiger partial charge in [-0.25, -0.2) is 0 Å². The second-order valence-electron chi connectivity index (χ2n) is 4.56. The zero-order valence-electron chi connectivity index (χ0n) is 11.4. The molecule has 1 N–H and O–H groups in total. The van der Waals surface area contributed by atoms with E-state index in [2.05, 4.69) is 0 Å². The summed E-state index contributed by atoms with van der Waals surface area (Å²) < 4.78 is 10.6. The van der Waals surface area contributed by atoms with E-state index in [1.54, 1.807) is 19.1 Å². The first-order valence-electron chi connectivity index (χ1n) is 6.54. The van der Waals surface area contributed by atoms with Crippen LogP contribution < -0.4 is 0 Å². The largest absolute Gasteiger partial charge is 0.496 e. The Morgan fingerprint density at radius 3 is 2.80 bits per heavy atom. The molecular formula is C16H18O4. The van der Waals surface area contributed by atoms with Crippen molar-refractivity contribution in [2.24, 2.45) is 0 Å². The highest BCUT2D eigenvalue weighted by Gasteiger charge is 2.25. The number of allylic oxidation sites excluding steroid dienone is 1. The van der Waals surface area contributed by atoms with E-state index >= 15 is 0 Å². The molecule has 0 radical (unpaired) electrons. The summed E-state index contributed by atoms with van der Waals surface area (Å²) in [4.78, 5) is 12.0. The van der Waals surface area contributed by atoms with Gasteiger partial charge in [-0.1, -0.05) is 42.5 Å². The average molecular weight is 274 g/mol. The summed E-state index contributed by atoms with van der Waals surface area (Å²) in [5.74, 6) is 0.259. The summed E-state index contributed by atoms with van der Waals surface area (Å²) >= 11 is 0. The highest BCUT2D eigenvalue weighted by molar-refractivity contribution is 5.94. The molecule has 2 rings (SSSR count). The van der Waals surface area contributed by atoms with Crippen LogP contribution in [-0.2, 0) is 14.3 Å². The molecule has 4 heteroatoms. The molecule has 0 amide bonds. The Morgan fingerprint density at radius 1 is 1.30 bits per heavy atom. The summed E-state index contributed by atoms with van der Waals surface area (Å²) in [6.07, 6.45) is 2.85. The van der Waals surface area contributed by atoms with Crippen LogP contribution in [0.2, 0.25) is 0 Å². The molecule has 1 aromatic carbocycles. The number of benzene rings is 1. The van der Waals surface area contributed by atoms with Crippen molar-refractivity contribution in [3.63, 3.8) is 0 Å². The fourth-order valence-corrected chi connectivity index (χ4v) is 1.93. The Labute approximate surface area is 118 Å². The van der Waals surface area contributed by atoms with E-state index in [1.807, 2.05) is 30.3 Å². The molecule has 0 aliphatic carbocycles. The number of ketones is 1. The van der Waals surface area contributed by atoms with Gasteiger partial charge in [0.15, 0.2) is 5.78 Å². The molecule has 1 aromatic rings. The topological polar surface area (TPSA) is 55.8 Å². The van der Waals surface area contributed by atoms with Gasteiger partial charge in [0.2, 0.25) is 0 Å².